The summed E-state index contributed by atoms with van der Waals surface area (Å²) in [5.74, 6) is 2.18. The first-order valence-corrected chi connectivity index (χ1v) is 9.42. The van der Waals surface area contributed by atoms with Gasteiger partial charge in [0.05, 0.1) is 0 Å². The Morgan fingerprint density at radius 2 is 1.69 bits per heavy atom. The van der Waals surface area contributed by atoms with Crippen LogP contribution in [0, 0.1) is 0 Å². The van der Waals surface area contributed by atoms with Gasteiger partial charge >= 0.3 is 5.69 Å². The van der Waals surface area contributed by atoms with Gasteiger partial charge in [0.1, 0.15) is 11.5 Å². The van der Waals surface area contributed by atoms with Crippen LogP contribution in [-0.4, -0.2) is 25.6 Å². The van der Waals surface area contributed by atoms with Crippen LogP contribution in [0.25, 0.3) is 11.2 Å². The zero-order chi connectivity index (χ0) is 20.0. The Bertz CT molecular complexity index is 1300. The van der Waals surface area contributed by atoms with Gasteiger partial charge in [-0.1, -0.05) is 18.2 Å². The molecule has 1 aliphatic rings. The predicted octanol–water partition coefficient (Wildman–Crippen LogP) is 2.76. The molecule has 4 aromatic rings. The molecule has 0 amide bonds. The summed E-state index contributed by atoms with van der Waals surface area (Å²) in [7, 11) is 1.61. The summed E-state index contributed by atoms with van der Waals surface area (Å²) in [6.07, 6.45) is 0.864. The van der Waals surface area contributed by atoms with Crippen molar-refractivity contribution in [1.29, 1.82) is 0 Å². The molecule has 0 saturated heterocycles. The standard InChI is InChI=1S/C21H19N5O3/c1-24-18-17(19(27)23-21(24)28)26-13-5-12-25(20(26)22-18)14-8-10-16(11-9-14)29-15-6-3-2-4-7-15/h2-4,6-11H,5,12-13H2,1H3,(H,23,27,28). The van der Waals surface area contributed by atoms with Gasteiger partial charge in [0.25, 0.3) is 5.56 Å². The maximum absolute atomic E-state index is 12.4. The molecule has 8 nitrogen and oxygen atoms in total. The van der Waals surface area contributed by atoms with Crippen molar-refractivity contribution in [1.82, 2.24) is 19.1 Å². The van der Waals surface area contributed by atoms with Crippen molar-refractivity contribution in [3.63, 3.8) is 0 Å². The molecule has 0 bridgehead atoms. The molecule has 3 heterocycles. The fourth-order valence-electron chi connectivity index (χ4n) is 3.69. The topological polar surface area (TPSA) is 85.2 Å². The number of anilines is 2. The first kappa shape index (κ1) is 17.3. The molecule has 0 spiro atoms. The summed E-state index contributed by atoms with van der Waals surface area (Å²) in [6, 6.07) is 17.4. The highest BCUT2D eigenvalue weighted by Gasteiger charge is 2.25. The molecule has 2 aromatic carbocycles. The van der Waals surface area contributed by atoms with Crippen molar-refractivity contribution in [2.24, 2.45) is 7.05 Å². The van der Waals surface area contributed by atoms with E-state index >= 15 is 0 Å². The average molecular weight is 389 g/mol. The molecule has 0 unspecified atom stereocenters. The molecule has 1 N–H and O–H groups in total. The zero-order valence-electron chi connectivity index (χ0n) is 15.8. The molecule has 2 aromatic heterocycles. The van der Waals surface area contributed by atoms with E-state index in [-0.39, 0.29) is 0 Å². The minimum atomic E-state index is -0.466. The molecule has 0 atom stereocenters. The molecular weight excluding hydrogens is 370 g/mol. The van der Waals surface area contributed by atoms with E-state index < -0.39 is 11.2 Å². The number of hydrogen-bond donors (Lipinski definition) is 1. The molecule has 146 valence electrons. The van der Waals surface area contributed by atoms with Crippen LogP contribution in [0.2, 0.25) is 0 Å². The summed E-state index contributed by atoms with van der Waals surface area (Å²) < 4.78 is 9.11. The van der Waals surface area contributed by atoms with Gasteiger partial charge in [-0.2, -0.15) is 4.98 Å². The largest absolute Gasteiger partial charge is 0.457 e. The number of fused-ring (bicyclic) bond motifs is 3. The summed E-state index contributed by atoms with van der Waals surface area (Å²) in [4.78, 5) is 33.4. The molecule has 1 aliphatic heterocycles. The number of aromatic nitrogens is 4. The van der Waals surface area contributed by atoms with Crippen LogP contribution in [0.4, 0.5) is 11.6 Å². The Morgan fingerprint density at radius 1 is 0.966 bits per heavy atom. The summed E-state index contributed by atoms with van der Waals surface area (Å²) in [5, 5.41) is 0. The lowest BCUT2D eigenvalue weighted by Gasteiger charge is -2.29. The van der Waals surface area contributed by atoms with Crippen LogP contribution < -0.4 is 20.9 Å². The maximum atomic E-state index is 12.4. The Kier molecular flexibility index (Phi) is 3.97. The Labute approximate surface area is 165 Å². The lowest BCUT2D eigenvalue weighted by atomic mass is 10.2. The normalized spacial score (nSPS) is 13.5. The fraction of sp³-hybridized carbons (Fsp3) is 0.190. The summed E-state index contributed by atoms with van der Waals surface area (Å²) in [6.45, 7) is 1.45. The first-order chi connectivity index (χ1) is 14.1. The quantitative estimate of drug-likeness (QED) is 0.582. The van der Waals surface area contributed by atoms with Crippen molar-refractivity contribution >= 4 is 22.8 Å². The Balaban J connectivity index is 1.53. The summed E-state index contributed by atoms with van der Waals surface area (Å²) >= 11 is 0. The number of imidazole rings is 1. The molecule has 8 heteroatoms. The number of rotatable bonds is 3. The van der Waals surface area contributed by atoms with Gasteiger partial charge in [0, 0.05) is 25.8 Å². The van der Waals surface area contributed by atoms with Crippen molar-refractivity contribution in [2.75, 3.05) is 11.4 Å². The van der Waals surface area contributed by atoms with Gasteiger partial charge < -0.3 is 14.2 Å². The van der Waals surface area contributed by atoms with E-state index in [1.165, 1.54) is 4.57 Å². The van der Waals surface area contributed by atoms with Crippen molar-refractivity contribution in [3.05, 3.63) is 75.4 Å². The molecule has 5 rings (SSSR count). The van der Waals surface area contributed by atoms with Gasteiger partial charge in [-0.25, -0.2) is 4.79 Å². The molecule has 0 saturated carbocycles. The Hall–Kier alpha value is -3.81. The van der Waals surface area contributed by atoms with E-state index in [1.807, 2.05) is 59.2 Å². The maximum Gasteiger partial charge on any atom is 0.329 e. The van der Waals surface area contributed by atoms with Crippen LogP contribution in [0.3, 0.4) is 0 Å². The van der Waals surface area contributed by atoms with Crippen LogP contribution >= 0.6 is 0 Å². The van der Waals surface area contributed by atoms with Crippen LogP contribution in [0.15, 0.2) is 64.2 Å². The van der Waals surface area contributed by atoms with Crippen molar-refractivity contribution < 1.29 is 4.74 Å². The number of ether oxygens (including phenoxy) is 1. The van der Waals surface area contributed by atoms with Gasteiger partial charge in [-0.15, -0.1) is 0 Å². The Morgan fingerprint density at radius 3 is 2.45 bits per heavy atom. The van der Waals surface area contributed by atoms with E-state index in [0.29, 0.717) is 23.7 Å². The van der Waals surface area contributed by atoms with Gasteiger partial charge in [-0.3, -0.25) is 14.3 Å². The third-order valence-corrected chi connectivity index (χ3v) is 5.12. The van der Waals surface area contributed by atoms with E-state index in [1.54, 1.807) is 7.05 Å². The third kappa shape index (κ3) is 2.89. The number of H-pyrrole nitrogens is 1. The number of hydrogen-bond acceptors (Lipinski definition) is 5. The predicted molar refractivity (Wildman–Crippen MR) is 110 cm³/mol. The van der Waals surface area contributed by atoms with Gasteiger partial charge in [0.15, 0.2) is 11.2 Å². The number of nitrogens with zero attached hydrogens (tertiary/aromatic N) is 4. The second-order valence-corrected chi connectivity index (χ2v) is 6.97. The van der Waals surface area contributed by atoms with Gasteiger partial charge in [0.2, 0.25) is 5.95 Å². The fourth-order valence-corrected chi connectivity index (χ4v) is 3.69. The number of benzene rings is 2. The molecule has 29 heavy (non-hydrogen) atoms. The number of para-hydroxylation sites is 1. The minimum Gasteiger partial charge on any atom is -0.457 e. The van der Waals surface area contributed by atoms with Crippen LogP contribution in [0.1, 0.15) is 6.42 Å². The molecule has 0 radical (unpaired) electrons. The molecule has 0 fully saturated rings. The van der Waals surface area contributed by atoms with Gasteiger partial charge in [-0.05, 0) is 42.8 Å². The smallest absolute Gasteiger partial charge is 0.329 e. The second-order valence-electron chi connectivity index (χ2n) is 6.97. The highest BCUT2D eigenvalue weighted by atomic mass is 16.5. The van der Waals surface area contributed by atoms with Crippen LogP contribution in [0.5, 0.6) is 11.5 Å². The van der Waals surface area contributed by atoms with E-state index in [0.717, 1.165) is 30.2 Å². The third-order valence-electron chi connectivity index (χ3n) is 5.12. The highest BCUT2D eigenvalue weighted by Crippen LogP contribution is 2.32. The van der Waals surface area contributed by atoms with E-state index in [2.05, 4.69) is 14.9 Å². The second kappa shape index (κ2) is 6.66. The first-order valence-electron chi connectivity index (χ1n) is 9.42. The lowest BCUT2D eigenvalue weighted by Crippen LogP contribution is -2.31. The zero-order valence-corrected chi connectivity index (χ0v) is 15.8. The number of aromatic amines is 1. The van der Waals surface area contributed by atoms with Crippen molar-refractivity contribution in [3.8, 4) is 11.5 Å². The number of aryl methyl sites for hydroxylation is 2. The average Bonchev–Trinajstić information content (AvgIpc) is 3.14. The molecule has 0 aliphatic carbocycles. The monoisotopic (exact) mass is 389 g/mol. The lowest BCUT2D eigenvalue weighted by molar-refractivity contribution is 0.482. The molecular formula is C21H19N5O3. The van der Waals surface area contributed by atoms with E-state index in [9.17, 15) is 9.59 Å². The van der Waals surface area contributed by atoms with Crippen molar-refractivity contribution in [2.45, 2.75) is 13.0 Å². The minimum absolute atomic E-state index is 0.393. The summed E-state index contributed by atoms with van der Waals surface area (Å²) in [5.41, 5.74) is 0.894. The highest BCUT2D eigenvalue weighted by molar-refractivity contribution is 5.76. The SMILES string of the molecule is Cn1c(=O)[nH]c(=O)c2c1nc1n2CCCN1c1ccc(Oc2ccccc2)cc1. The van der Waals surface area contributed by atoms with Crippen LogP contribution in [-0.2, 0) is 13.6 Å². The van der Waals surface area contributed by atoms with E-state index in [4.69, 9.17) is 4.74 Å². The number of nitrogens with one attached hydrogen (secondary N) is 1.